The number of amides is 1. The van der Waals surface area contributed by atoms with Gasteiger partial charge in [0.2, 0.25) is 5.91 Å². The van der Waals surface area contributed by atoms with E-state index in [-0.39, 0.29) is 11.9 Å². The highest BCUT2D eigenvalue weighted by Crippen LogP contribution is 2.32. The summed E-state index contributed by atoms with van der Waals surface area (Å²) in [5.41, 5.74) is 3.39. The lowest BCUT2D eigenvalue weighted by Gasteiger charge is -2.27. The second-order valence-electron chi connectivity index (χ2n) is 4.40. The van der Waals surface area contributed by atoms with Gasteiger partial charge in [-0.25, -0.2) is 0 Å². The predicted octanol–water partition coefficient (Wildman–Crippen LogP) is 3.21. The van der Waals surface area contributed by atoms with Crippen LogP contribution in [0.2, 0.25) is 0 Å². The summed E-state index contributed by atoms with van der Waals surface area (Å²) in [5, 5.41) is 3.06. The third-order valence-electron chi connectivity index (χ3n) is 3.24. The van der Waals surface area contributed by atoms with Crippen LogP contribution in [0.4, 0.5) is 0 Å². The van der Waals surface area contributed by atoms with Crippen LogP contribution in [-0.4, -0.2) is 5.91 Å². The lowest BCUT2D eigenvalue weighted by Crippen LogP contribution is -2.35. The molecule has 90 valence electrons. The van der Waals surface area contributed by atoms with Crippen molar-refractivity contribution in [2.75, 3.05) is 0 Å². The molecule has 2 aromatic carbocycles. The Kier molecular flexibility index (Phi) is 2.92. The van der Waals surface area contributed by atoms with Gasteiger partial charge in [0, 0.05) is 4.47 Å². The van der Waals surface area contributed by atoms with Crippen molar-refractivity contribution in [1.82, 2.24) is 5.32 Å². The Bertz CT molecular complexity index is 609. The van der Waals surface area contributed by atoms with Gasteiger partial charge >= 0.3 is 0 Å². The molecule has 0 spiro atoms. The zero-order chi connectivity index (χ0) is 12.5. The van der Waals surface area contributed by atoms with Gasteiger partial charge in [-0.2, -0.15) is 0 Å². The van der Waals surface area contributed by atoms with Crippen LogP contribution in [0.25, 0.3) is 0 Å². The summed E-state index contributed by atoms with van der Waals surface area (Å²) in [6.45, 7) is 0. The number of nitrogens with one attached hydrogen (secondary N) is 1. The van der Waals surface area contributed by atoms with Gasteiger partial charge in [0.25, 0.3) is 0 Å². The van der Waals surface area contributed by atoms with Gasteiger partial charge < -0.3 is 5.32 Å². The van der Waals surface area contributed by atoms with Crippen molar-refractivity contribution in [1.29, 1.82) is 0 Å². The molecule has 0 radical (unpaired) electrons. The van der Waals surface area contributed by atoms with Crippen LogP contribution in [0.5, 0.6) is 0 Å². The molecule has 1 aliphatic rings. The Morgan fingerprint density at radius 1 is 1.00 bits per heavy atom. The first-order valence-electron chi connectivity index (χ1n) is 5.87. The fraction of sp³-hybridized carbons (Fsp3) is 0.133. The number of carbonyl (C=O) groups excluding carboxylic acids is 1. The van der Waals surface area contributed by atoms with E-state index in [1.165, 1.54) is 5.56 Å². The largest absolute Gasteiger partial charge is 0.345 e. The quantitative estimate of drug-likeness (QED) is 0.861. The van der Waals surface area contributed by atoms with E-state index in [2.05, 4.69) is 27.3 Å². The van der Waals surface area contributed by atoms with Crippen LogP contribution in [0.15, 0.2) is 53.0 Å². The van der Waals surface area contributed by atoms with Gasteiger partial charge in [-0.05, 0) is 22.8 Å². The molecule has 1 heterocycles. The van der Waals surface area contributed by atoms with Crippen molar-refractivity contribution in [2.45, 2.75) is 12.5 Å². The first kappa shape index (κ1) is 11.5. The number of benzene rings is 2. The molecular weight excluding hydrogens is 290 g/mol. The van der Waals surface area contributed by atoms with E-state index in [9.17, 15) is 4.79 Å². The summed E-state index contributed by atoms with van der Waals surface area (Å²) < 4.78 is 1.02. The Morgan fingerprint density at radius 2 is 1.67 bits per heavy atom. The van der Waals surface area contributed by atoms with E-state index < -0.39 is 0 Å². The summed E-state index contributed by atoms with van der Waals surface area (Å²) >= 11 is 3.55. The minimum Gasteiger partial charge on any atom is -0.345 e. The van der Waals surface area contributed by atoms with Gasteiger partial charge in [-0.1, -0.05) is 58.4 Å². The molecule has 1 amide bonds. The highest BCUT2D eigenvalue weighted by atomic mass is 79.9. The molecule has 0 saturated heterocycles. The topological polar surface area (TPSA) is 29.1 Å². The second kappa shape index (κ2) is 4.58. The summed E-state index contributed by atoms with van der Waals surface area (Å²) in [5.74, 6) is 0.0782. The van der Waals surface area contributed by atoms with Gasteiger partial charge in [0.1, 0.15) is 0 Å². The third kappa shape index (κ3) is 1.95. The van der Waals surface area contributed by atoms with Crippen molar-refractivity contribution >= 4 is 21.8 Å². The van der Waals surface area contributed by atoms with Crippen molar-refractivity contribution in [3.8, 4) is 0 Å². The number of rotatable bonds is 1. The highest BCUT2D eigenvalue weighted by molar-refractivity contribution is 9.10. The lowest BCUT2D eigenvalue weighted by atomic mass is 9.90. The van der Waals surface area contributed by atoms with E-state index in [0.29, 0.717) is 6.42 Å². The number of hydrogen-bond acceptors (Lipinski definition) is 1. The monoisotopic (exact) mass is 301 g/mol. The molecule has 3 rings (SSSR count). The molecule has 2 nitrogen and oxygen atoms in total. The van der Waals surface area contributed by atoms with E-state index in [1.54, 1.807) is 0 Å². The smallest absolute Gasteiger partial charge is 0.225 e. The Balaban J connectivity index is 2.13. The molecule has 1 N–H and O–H groups in total. The summed E-state index contributed by atoms with van der Waals surface area (Å²) in [4.78, 5) is 11.8. The average Bonchev–Trinajstić information content (AvgIpc) is 2.38. The minimum atomic E-state index is -0.0574. The molecule has 0 saturated carbocycles. The maximum atomic E-state index is 11.8. The zero-order valence-corrected chi connectivity index (χ0v) is 11.3. The standard InChI is InChI=1S/C15H12BrNO/c16-13-8-4-3-7-12(13)15-11-6-2-1-5-10(11)9-14(18)17-15/h1-8,15H,9H2,(H,17,18)/t15-/m0/s1. The average molecular weight is 302 g/mol. The number of fused-ring (bicyclic) bond motifs is 1. The van der Waals surface area contributed by atoms with Crippen molar-refractivity contribution in [2.24, 2.45) is 0 Å². The number of halogens is 1. The Morgan fingerprint density at radius 3 is 2.44 bits per heavy atom. The van der Waals surface area contributed by atoms with Crippen molar-refractivity contribution in [3.63, 3.8) is 0 Å². The molecule has 2 aromatic rings. The molecular formula is C15H12BrNO. The van der Waals surface area contributed by atoms with Crippen molar-refractivity contribution in [3.05, 3.63) is 69.7 Å². The molecule has 0 bridgehead atoms. The summed E-state index contributed by atoms with van der Waals surface area (Å²) in [7, 11) is 0. The predicted molar refractivity (Wildman–Crippen MR) is 74.3 cm³/mol. The normalized spacial score (nSPS) is 18.1. The molecule has 3 heteroatoms. The molecule has 1 atom stereocenters. The molecule has 0 aromatic heterocycles. The Labute approximate surface area is 114 Å². The molecule has 0 fully saturated rings. The lowest BCUT2D eigenvalue weighted by molar-refractivity contribution is -0.121. The molecule has 1 aliphatic heterocycles. The van der Waals surface area contributed by atoms with Gasteiger partial charge in [0.15, 0.2) is 0 Å². The van der Waals surface area contributed by atoms with E-state index in [1.807, 2.05) is 42.5 Å². The van der Waals surface area contributed by atoms with E-state index in [4.69, 9.17) is 0 Å². The van der Waals surface area contributed by atoms with Crippen LogP contribution in [0.3, 0.4) is 0 Å². The van der Waals surface area contributed by atoms with Crippen molar-refractivity contribution < 1.29 is 4.79 Å². The SMILES string of the molecule is O=C1Cc2ccccc2[C@@H](c2ccccc2Br)N1. The van der Waals surface area contributed by atoms with Crippen LogP contribution < -0.4 is 5.32 Å². The third-order valence-corrected chi connectivity index (χ3v) is 3.96. The highest BCUT2D eigenvalue weighted by Gasteiger charge is 2.26. The second-order valence-corrected chi connectivity index (χ2v) is 5.25. The van der Waals surface area contributed by atoms with Crippen LogP contribution in [-0.2, 0) is 11.2 Å². The number of hydrogen-bond donors (Lipinski definition) is 1. The first-order chi connectivity index (χ1) is 8.75. The van der Waals surface area contributed by atoms with Gasteiger partial charge in [-0.3, -0.25) is 4.79 Å². The summed E-state index contributed by atoms with van der Waals surface area (Å²) in [6, 6.07) is 16.0. The van der Waals surface area contributed by atoms with Crippen LogP contribution >= 0.6 is 15.9 Å². The summed E-state index contributed by atoms with van der Waals surface area (Å²) in [6.07, 6.45) is 0.469. The maximum Gasteiger partial charge on any atom is 0.225 e. The van der Waals surface area contributed by atoms with Gasteiger partial charge in [0.05, 0.1) is 12.5 Å². The van der Waals surface area contributed by atoms with E-state index >= 15 is 0 Å². The molecule has 0 aliphatic carbocycles. The van der Waals surface area contributed by atoms with E-state index in [0.717, 1.165) is 15.6 Å². The molecule has 18 heavy (non-hydrogen) atoms. The van der Waals surface area contributed by atoms with Gasteiger partial charge in [-0.15, -0.1) is 0 Å². The molecule has 0 unspecified atom stereocenters. The van der Waals surface area contributed by atoms with Crippen LogP contribution in [0.1, 0.15) is 22.7 Å². The fourth-order valence-electron chi connectivity index (χ4n) is 2.39. The zero-order valence-electron chi connectivity index (χ0n) is 9.69. The first-order valence-corrected chi connectivity index (χ1v) is 6.66. The number of carbonyl (C=O) groups is 1. The maximum absolute atomic E-state index is 11.8. The Hall–Kier alpha value is -1.61. The fourth-order valence-corrected chi connectivity index (χ4v) is 2.91. The minimum absolute atomic E-state index is 0.0574. The van der Waals surface area contributed by atoms with Crippen LogP contribution in [0, 0.1) is 0 Å².